The van der Waals surface area contributed by atoms with E-state index in [1.165, 1.54) is 19.3 Å². The van der Waals surface area contributed by atoms with Crippen molar-refractivity contribution in [3.05, 3.63) is 11.6 Å². The number of Topliss-reactive ketones (excluding diaryl/α,β-unsaturated/α-hetero) is 1. The van der Waals surface area contributed by atoms with Crippen LogP contribution in [0.15, 0.2) is 11.6 Å². The molecule has 4 fully saturated rings. The molecule has 3 heteroatoms. The van der Waals surface area contributed by atoms with Gasteiger partial charge in [0.15, 0.2) is 0 Å². The fraction of sp³-hybridized carbons (Fsp3) is 0.867. The van der Waals surface area contributed by atoms with Crippen LogP contribution in [0.2, 0.25) is 0 Å². The lowest BCUT2D eigenvalue weighted by Crippen LogP contribution is -2.64. The van der Waals surface area contributed by atoms with Crippen LogP contribution >= 0.6 is 0 Å². The number of hydrogen-bond donors (Lipinski definition) is 1. The summed E-state index contributed by atoms with van der Waals surface area (Å²) in [6.45, 7) is 16.8. The summed E-state index contributed by atoms with van der Waals surface area (Å²) >= 11 is 0. The third-order valence-corrected chi connectivity index (χ3v) is 13.1. The standard InChI is InChI=1S/C30H46O3/c1-18-19(25(32)33)10-13-27(4)16-17-29(6)20(24(18)27)8-9-22-28(5)14-12-23(31)26(2,3)21(28)11-15-30(22,29)7/h8,18-19,21-22,24H,9-17H2,1-7H3,(H,32,33). The van der Waals surface area contributed by atoms with Crippen molar-refractivity contribution in [2.45, 2.75) is 106 Å². The first-order valence-electron chi connectivity index (χ1n) is 13.7. The van der Waals surface area contributed by atoms with Crippen LogP contribution in [-0.2, 0) is 9.59 Å². The number of allylic oxidation sites excluding steroid dienone is 2. The number of carboxylic acids is 1. The summed E-state index contributed by atoms with van der Waals surface area (Å²) in [7, 11) is 0. The van der Waals surface area contributed by atoms with Gasteiger partial charge in [-0.2, -0.15) is 0 Å². The molecule has 0 aliphatic heterocycles. The molecule has 1 N–H and O–H groups in total. The lowest BCUT2D eigenvalue weighted by molar-refractivity contribution is -0.186. The van der Waals surface area contributed by atoms with E-state index in [2.05, 4.69) is 54.5 Å². The van der Waals surface area contributed by atoms with Crippen molar-refractivity contribution in [1.29, 1.82) is 0 Å². The van der Waals surface area contributed by atoms with E-state index < -0.39 is 5.97 Å². The van der Waals surface area contributed by atoms with Crippen molar-refractivity contribution in [2.24, 2.45) is 56.7 Å². The minimum Gasteiger partial charge on any atom is -0.481 e. The molecule has 3 nitrogen and oxygen atoms in total. The van der Waals surface area contributed by atoms with E-state index in [4.69, 9.17) is 0 Å². The second-order valence-corrected chi connectivity index (χ2v) is 14.4. The van der Waals surface area contributed by atoms with Crippen LogP contribution < -0.4 is 0 Å². The lowest BCUT2D eigenvalue weighted by atomic mass is 9.33. The number of carbonyl (C=O) groups is 2. The molecule has 9 atom stereocenters. The van der Waals surface area contributed by atoms with Gasteiger partial charge in [0.2, 0.25) is 0 Å². The smallest absolute Gasteiger partial charge is 0.306 e. The summed E-state index contributed by atoms with van der Waals surface area (Å²) in [6.07, 6.45) is 12.2. The molecule has 184 valence electrons. The Balaban J connectivity index is 1.59. The Bertz CT molecular complexity index is 916. The van der Waals surface area contributed by atoms with E-state index in [-0.39, 0.29) is 38.9 Å². The fourth-order valence-electron chi connectivity index (χ4n) is 10.8. The average Bonchev–Trinajstić information content (AvgIpc) is 2.72. The fourth-order valence-corrected chi connectivity index (χ4v) is 10.8. The van der Waals surface area contributed by atoms with Crippen LogP contribution in [0, 0.1) is 56.7 Å². The number of ketones is 1. The maximum Gasteiger partial charge on any atom is 0.306 e. The van der Waals surface area contributed by atoms with Gasteiger partial charge in [0.05, 0.1) is 5.92 Å². The molecule has 0 radical (unpaired) electrons. The van der Waals surface area contributed by atoms with Crippen molar-refractivity contribution in [3.8, 4) is 0 Å². The molecular formula is C30H46O3. The number of carbonyl (C=O) groups excluding carboxylic acids is 1. The number of aliphatic carboxylic acids is 1. The van der Waals surface area contributed by atoms with Gasteiger partial charge in [-0.1, -0.05) is 60.1 Å². The summed E-state index contributed by atoms with van der Waals surface area (Å²) < 4.78 is 0. The molecule has 0 heterocycles. The van der Waals surface area contributed by atoms with E-state index in [0.29, 0.717) is 23.5 Å². The summed E-state index contributed by atoms with van der Waals surface area (Å²) in [5.41, 5.74) is 2.20. The molecule has 5 aliphatic carbocycles. The minimum absolute atomic E-state index is 0.133. The molecule has 0 aromatic carbocycles. The van der Waals surface area contributed by atoms with Crippen LogP contribution in [0.1, 0.15) is 106 Å². The highest BCUT2D eigenvalue weighted by molar-refractivity contribution is 5.85. The van der Waals surface area contributed by atoms with Gasteiger partial charge >= 0.3 is 5.97 Å². The zero-order valence-corrected chi connectivity index (χ0v) is 22.1. The van der Waals surface area contributed by atoms with Gasteiger partial charge in [0, 0.05) is 11.8 Å². The Morgan fingerprint density at radius 2 is 1.64 bits per heavy atom. The third-order valence-electron chi connectivity index (χ3n) is 13.1. The molecular weight excluding hydrogens is 408 g/mol. The molecule has 5 aliphatic rings. The van der Waals surface area contributed by atoms with Crippen molar-refractivity contribution >= 4 is 11.8 Å². The van der Waals surface area contributed by atoms with Crippen LogP contribution in [0.25, 0.3) is 0 Å². The van der Waals surface area contributed by atoms with Gasteiger partial charge in [-0.25, -0.2) is 0 Å². The average molecular weight is 455 g/mol. The maximum absolute atomic E-state index is 12.9. The Labute approximate surface area is 201 Å². The Kier molecular flexibility index (Phi) is 4.99. The van der Waals surface area contributed by atoms with Crippen LogP contribution in [-0.4, -0.2) is 16.9 Å². The lowest BCUT2D eigenvalue weighted by Gasteiger charge is -2.71. The number of carboxylic acid groups (broad SMARTS) is 1. The van der Waals surface area contributed by atoms with E-state index in [1.54, 1.807) is 5.57 Å². The van der Waals surface area contributed by atoms with Crippen molar-refractivity contribution in [2.75, 3.05) is 0 Å². The van der Waals surface area contributed by atoms with Gasteiger partial charge in [0.1, 0.15) is 5.78 Å². The molecule has 4 saturated carbocycles. The quantitative estimate of drug-likeness (QED) is 0.423. The summed E-state index contributed by atoms with van der Waals surface area (Å²) in [5.74, 6) is 1.32. The molecule has 9 unspecified atom stereocenters. The first-order valence-corrected chi connectivity index (χ1v) is 13.7. The zero-order valence-electron chi connectivity index (χ0n) is 22.1. The molecule has 0 bridgehead atoms. The predicted molar refractivity (Wildman–Crippen MR) is 132 cm³/mol. The van der Waals surface area contributed by atoms with Crippen molar-refractivity contribution in [3.63, 3.8) is 0 Å². The number of hydrogen-bond acceptors (Lipinski definition) is 2. The van der Waals surface area contributed by atoms with E-state index in [9.17, 15) is 14.7 Å². The Hall–Kier alpha value is -1.12. The van der Waals surface area contributed by atoms with Crippen molar-refractivity contribution < 1.29 is 14.7 Å². The largest absolute Gasteiger partial charge is 0.481 e. The second-order valence-electron chi connectivity index (χ2n) is 14.4. The molecule has 5 rings (SSSR count). The second kappa shape index (κ2) is 6.97. The SMILES string of the molecule is CC1C(C(=O)O)CCC2(C)CCC3(C)C(=CCC4C5(C)CCC(=O)C(C)(C)C5CCC43C)C12. The highest BCUT2D eigenvalue weighted by Crippen LogP contribution is 2.75. The Morgan fingerprint density at radius 3 is 2.30 bits per heavy atom. The molecule has 0 aromatic rings. The van der Waals surface area contributed by atoms with E-state index in [1.807, 2.05) is 0 Å². The summed E-state index contributed by atoms with van der Waals surface area (Å²) in [6, 6.07) is 0. The van der Waals surface area contributed by atoms with Gasteiger partial charge in [-0.3, -0.25) is 9.59 Å². The predicted octanol–water partition coefficient (Wildman–Crippen LogP) is 7.30. The molecule has 0 saturated heterocycles. The van der Waals surface area contributed by atoms with Crippen LogP contribution in [0.3, 0.4) is 0 Å². The highest BCUT2D eigenvalue weighted by atomic mass is 16.4. The molecule has 0 spiro atoms. The summed E-state index contributed by atoms with van der Waals surface area (Å²) in [5, 5.41) is 9.97. The van der Waals surface area contributed by atoms with Crippen LogP contribution in [0.4, 0.5) is 0 Å². The first-order chi connectivity index (χ1) is 15.2. The van der Waals surface area contributed by atoms with E-state index in [0.717, 1.165) is 38.5 Å². The van der Waals surface area contributed by atoms with Gasteiger partial charge in [0.25, 0.3) is 0 Å². The highest BCUT2D eigenvalue weighted by Gasteiger charge is 2.68. The number of rotatable bonds is 1. The zero-order chi connectivity index (χ0) is 24.2. The van der Waals surface area contributed by atoms with Gasteiger partial charge < -0.3 is 5.11 Å². The Morgan fingerprint density at radius 1 is 0.939 bits per heavy atom. The van der Waals surface area contributed by atoms with Crippen molar-refractivity contribution in [1.82, 2.24) is 0 Å². The van der Waals surface area contributed by atoms with Crippen LogP contribution in [0.5, 0.6) is 0 Å². The molecule has 0 aromatic heterocycles. The summed E-state index contributed by atoms with van der Waals surface area (Å²) in [4.78, 5) is 25.0. The van der Waals surface area contributed by atoms with Gasteiger partial charge in [-0.05, 0) is 96.7 Å². The monoisotopic (exact) mass is 454 g/mol. The minimum atomic E-state index is -0.598. The van der Waals surface area contributed by atoms with E-state index >= 15 is 0 Å². The first kappa shape index (κ1) is 23.6. The number of fused-ring (bicyclic) bond motifs is 7. The topological polar surface area (TPSA) is 54.4 Å². The normalized spacial score (nSPS) is 53.1. The maximum atomic E-state index is 12.9. The molecule has 33 heavy (non-hydrogen) atoms. The van der Waals surface area contributed by atoms with Gasteiger partial charge in [-0.15, -0.1) is 0 Å². The third kappa shape index (κ3) is 2.80. The molecule has 0 amide bonds.